The van der Waals surface area contributed by atoms with E-state index in [1.807, 2.05) is 11.9 Å². The fraction of sp³-hybridized carbons (Fsp3) is 0.417. The van der Waals surface area contributed by atoms with E-state index in [2.05, 4.69) is 0 Å². The molecule has 1 N–H and O–H groups in total. The molecule has 1 aromatic carbocycles. The predicted octanol–water partition coefficient (Wildman–Crippen LogP) is 1.37. The molecule has 0 saturated heterocycles. The largest absolute Gasteiger partial charge is 0.492 e. The van der Waals surface area contributed by atoms with Crippen molar-refractivity contribution in [3.05, 3.63) is 29.8 Å². The van der Waals surface area contributed by atoms with E-state index in [1.54, 1.807) is 24.3 Å². The minimum absolute atomic E-state index is 0.142. The molecule has 0 spiro atoms. The van der Waals surface area contributed by atoms with Gasteiger partial charge in [-0.3, -0.25) is 4.79 Å². The van der Waals surface area contributed by atoms with Crippen LogP contribution in [-0.2, 0) is 0 Å². The van der Waals surface area contributed by atoms with Gasteiger partial charge in [-0.05, 0) is 42.9 Å². The lowest BCUT2D eigenvalue weighted by Crippen LogP contribution is -2.27. The highest BCUT2D eigenvalue weighted by atomic mass is 35.5. The molecular weight excluding hydrogens is 242 g/mol. The van der Waals surface area contributed by atoms with Gasteiger partial charge in [-0.1, -0.05) is 0 Å². The molecular formula is C12H16ClNO3. The Hall–Kier alpha value is -1.10. The third-order valence-electron chi connectivity index (χ3n) is 2.30. The number of carbonyl (C=O) groups is 1. The average molecular weight is 258 g/mol. The van der Waals surface area contributed by atoms with E-state index in [0.29, 0.717) is 24.5 Å². The Kier molecular flexibility index (Phi) is 5.97. The van der Waals surface area contributed by atoms with Gasteiger partial charge in [0.05, 0.1) is 6.61 Å². The number of likely N-dealkylation sites (N-methyl/N-ethyl adjacent to an activating group) is 1. The Labute approximate surface area is 106 Å². The van der Waals surface area contributed by atoms with Crippen molar-refractivity contribution >= 4 is 16.8 Å². The van der Waals surface area contributed by atoms with Crippen molar-refractivity contribution in [3.8, 4) is 5.75 Å². The molecule has 0 atom stereocenters. The van der Waals surface area contributed by atoms with Crippen molar-refractivity contribution in [2.24, 2.45) is 0 Å². The quantitative estimate of drug-likeness (QED) is 0.750. The van der Waals surface area contributed by atoms with Crippen LogP contribution in [0, 0.1) is 0 Å². The lowest BCUT2D eigenvalue weighted by Gasteiger charge is -2.15. The smallest absolute Gasteiger partial charge is 0.252 e. The zero-order valence-electron chi connectivity index (χ0n) is 9.73. The van der Waals surface area contributed by atoms with E-state index in [-0.39, 0.29) is 6.61 Å². The first-order chi connectivity index (χ1) is 8.13. The number of nitrogens with zero attached hydrogens (tertiary/aromatic N) is 1. The molecule has 0 heterocycles. The monoisotopic (exact) mass is 257 g/mol. The number of rotatable bonds is 7. The lowest BCUT2D eigenvalue weighted by atomic mass is 10.2. The third-order valence-corrected chi connectivity index (χ3v) is 2.52. The molecule has 0 amide bonds. The van der Waals surface area contributed by atoms with E-state index in [0.717, 1.165) is 6.54 Å². The third kappa shape index (κ3) is 5.17. The summed E-state index contributed by atoms with van der Waals surface area (Å²) in [6, 6.07) is 6.67. The first-order valence-electron chi connectivity index (χ1n) is 5.35. The highest BCUT2D eigenvalue weighted by Crippen LogP contribution is 2.13. The Bertz CT molecular complexity index is 353. The summed E-state index contributed by atoms with van der Waals surface area (Å²) >= 11 is 5.33. The maximum Gasteiger partial charge on any atom is 0.252 e. The molecule has 17 heavy (non-hydrogen) atoms. The van der Waals surface area contributed by atoms with Crippen LogP contribution in [0.5, 0.6) is 5.75 Å². The zero-order valence-corrected chi connectivity index (χ0v) is 10.5. The Morgan fingerprint density at radius 1 is 1.35 bits per heavy atom. The van der Waals surface area contributed by atoms with Gasteiger partial charge < -0.3 is 14.7 Å². The Morgan fingerprint density at radius 3 is 2.53 bits per heavy atom. The fourth-order valence-corrected chi connectivity index (χ4v) is 1.41. The van der Waals surface area contributed by atoms with Gasteiger partial charge in [-0.25, -0.2) is 0 Å². The number of aliphatic hydroxyl groups is 1. The second-order valence-electron chi connectivity index (χ2n) is 3.67. The molecule has 0 radical (unpaired) electrons. The van der Waals surface area contributed by atoms with E-state index in [1.165, 1.54) is 0 Å². The molecule has 0 saturated carbocycles. The van der Waals surface area contributed by atoms with Crippen molar-refractivity contribution < 1.29 is 14.6 Å². The maximum atomic E-state index is 10.8. The number of hydrogen-bond acceptors (Lipinski definition) is 4. The SMILES string of the molecule is CN(CCO)CCOc1ccc(C(=O)Cl)cc1. The summed E-state index contributed by atoms with van der Waals surface area (Å²) in [7, 11) is 1.91. The number of hydrogen-bond donors (Lipinski definition) is 1. The lowest BCUT2D eigenvalue weighted by molar-refractivity contribution is 0.108. The van der Waals surface area contributed by atoms with Gasteiger partial charge in [0.1, 0.15) is 12.4 Å². The van der Waals surface area contributed by atoms with Gasteiger partial charge >= 0.3 is 0 Å². The van der Waals surface area contributed by atoms with Gasteiger partial charge in [0, 0.05) is 18.7 Å². The van der Waals surface area contributed by atoms with Crippen LogP contribution in [0.2, 0.25) is 0 Å². The molecule has 0 aliphatic rings. The molecule has 0 aromatic heterocycles. The van der Waals surface area contributed by atoms with Crippen LogP contribution in [0.3, 0.4) is 0 Å². The molecule has 0 unspecified atom stereocenters. The molecule has 0 bridgehead atoms. The second kappa shape index (κ2) is 7.27. The molecule has 4 nitrogen and oxygen atoms in total. The molecule has 94 valence electrons. The number of ether oxygens (including phenoxy) is 1. The highest BCUT2D eigenvalue weighted by Gasteiger charge is 2.02. The average Bonchev–Trinajstić information content (AvgIpc) is 2.30. The van der Waals surface area contributed by atoms with Crippen LogP contribution in [0.4, 0.5) is 0 Å². The van der Waals surface area contributed by atoms with Crippen LogP contribution in [0.25, 0.3) is 0 Å². The molecule has 0 aliphatic heterocycles. The molecule has 0 aliphatic carbocycles. The molecule has 1 aromatic rings. The van der Waals surface area contributed by atoms with Gasteiger partial charge in [0.2, 0.25) is 0 Å². The van der Waals surface area contributed by atoms with Crippen molar-refractivity contribution in [2.75, 3.05) is 33.4 Å². The summed E-state index contributed by atoms with van der Waals surface area (Å²) in [4.78, 5) is 12.8. The first kappa shape index (κ1) is 14.0. The Morgan fingerprint density at radius 2 is 2.00 bits per heavy atom. The van der Waals surface area contributed by atoms with Crippen LogP contribution in [0.15, 0.2) is 24.3 Å². The van der Waals surface area contributed by atoms with Gasteiger partial charge in [0.15, 0.2) is 0 Å². The number of halogens is 1. The number of aliphatic hydroxyl groups excluding tert-OH is 1. The summed E-state index contributed by atoms with van der Waals surface area (Å²) in [5.74, 6) is 0.698. The van der Waals surface area contributed by atoms with Crippen molar-refractivity contribution in [1.82, 2.24) is 4.90 Å². The van der Waals surface area contributed by atoms with E-state index in [9.17, 15) is 4.79 Å². The summed E-state index contributed by atoms with van der Waals surface area (Å²) < 4.78 is 5.48. The minimum Gasteiger partial charge on any atom is -0.492 e. The topological polar surface area (TPSA) is 49.8 Å². The zero-order chi connectivity index (χ0) is 12.7. The van der Waals surface area contributed by atoms with Gasteiger partial charge in [-0.2, -0.15) is 0 Å². The maximum absolute atomic E-state index is 10.8. The highest BCUT2D eigenvalue weighted by molar-refractivity contribution is 6.67. The number of carbonyl (C=O) groups excluding carboxylic acids is 1. The van der Waals surface area contributed by atoms with E-state index in [4.69, 9.17) is 21.4 Å². The van der Waals surface area contributed by atoms with Crippen LogP contribution >= 0.6 is 11.6 Å². The second-order valence-corrected chi connectivity index (χ2v) is 4.02. The molecule has 5 heteroatoms. The van der Waals surface area contributed by atoms with Gasteiger partial charge in [-0.15, -0.1) is 0 Å². The molecule has 1 rings (SSSR count). The standard InChI is InChI=1S/C12H16ClNO3/c1-14(6-8-15)7-9-17-11-4-2-10(3-5-11)12(13)16/h2-5,15H,6-9H2,1H3. The van der Waals surface area contributed by atoms with E-state index < -0.39 is 5.24 Å². The van der Waals surface area contributed by atoms with Crippen molar-refractivity contribution in [1.29, 1.82) is 0 Å². The van der Waals surface area contributed by atoms with Crippen molar-refractivity contribution in [2.45, 2.75) is 0 Å². The predicted molar refractivity (Wildman–Crippen MR) is 66.7 cm³/mol. The van der Waals surface area contributed by atoms with Crippen LogP contribution < -0.4 is 4.74 Å². The van der Waals surface area contributed by atoms with Crippen LogP contribution in [0.1, 0.15) is 10.4 Å². The minimum atomic E-state index is -0.473. The number of benzene rings is 1. The fourth-order valence-electron chi connectivity index (χ4n) is 1.28. The summed E-state index contributed by atoms with van der Waals surface area (Å²) in [5.41, 5.74) is 0.455. The van der Waals surface area contributed by atoms with E-state index >= 15 is 0 Å². The summed E-state index contributed by atoms with van der Waals surface area (Å²) in [5, 5.41) is 8.24. The Balaban J connectivity index is 2.34. The molecule has 0 fully saturated rings. The normalized spacial score (nSPS) is 10.6. The van der Waals surface area contributed by atoms with Crippen molar-refractivity contribution in [3.63, 3.8) is 0 Å². The first-order valence-corrected chi connectivity index (χ1v) is 5.73. The van der Waals surface area contributed by atoms with Crippen LogP contribution in [-0.4, -0.2) is 48.6 Å². The summed E-state index contributed by atoms with van der Waals surface area (Å²) in [6.07, 6.45) is 0. The summed E-state index contributed by atoms with van der Waals surface area (Å²) in [6.45, 7) is 2.04. The van der Waals surface area contributed by atoms with Gasteiger partial charge in [0.25, 0.3) is 5.24 Å².